The number of hydrogen-bond acceptors (Lipinski definition) is 3. The minimum absolute atomic E-state index is 0.0984. The highest BCUT2D eigenvalue weighted by molar-refractivity contribution is 6.34. The van der Waals surface area contributed by atoms with Crippen LogP contribution in [0.2, 0.25) is 5.02 Å². The van der Waals surface area contributed by atoms with Crippen molar-refractivity contribution in [3.8, 4) is 11.3 Å². The van der Waals surface area contributed by atoms with Crippen molar-refractivity contribution in [2.75, 3.05) is 0 Å². The molecule has 0 unspecified atom stereocenters. The average molecular weight is 463 g/mol. The van der Waals surface area contributed by atoms with E-state index in [0.717, 1.165) is 41.6 Å². The van der Waals surface area contributed by atoms with Crippen molar-refractivity contribution in [2.24, 2.45) is 0 Å². The molecule has 1 N–H and O–H groups in total. The molecule has 0 bridgehead atoms. The molecule has 5 nitrogen and oxygen atoms in total. The van der Waals surface area contributed by atoms with Gasteiger partial charge in [0.2, 0.25) is 0 Å². The number of benzene rings is 2. The van der Waals surface area contributed by atoms with E-state index in [1.54, 1.807) is 12.1 Å². The second kappa shape index (κ2) is 8.43. The van der Waals surface area contributed by atoms with Crippen LogP contribution in [0.4, 0.5) is 13.2 Å². The monoisotopic (exact) mass is 462 g/mol. The van der Waals surface area contributed by atoms with Gasteiger partial charge < -0.3 is 5.11 Å². The Morgan fingerprint density at radius 3 is 2.34 bits per heavy atom. The molecule has 0 atom stereocenters. The standard InChI is InChI=1S/C23H18ClF3N2O3/c24-17-7-4-6-16(23(25,26)27)19(17)21(30)29-18-8-3-1-2-5-15(18)20(28-29)13-9-11-14(12-10-13)22(31)32/h4,6-7,9-12H,1-3,5,8H2,(H,31,32). The van der Waals surface area contributed by atoms with Crippen LogP contribution in [0.5, 0.6) is 0 Å². The number of rotatable bonds is 3. The van der Waals surface area contributed by atoms with Gasteiger partial charge in [-0.05, 0) is 49.9 Å². The first-order valence-corrected chi connectivity index (χ1v) is 10.4. The number of aromatic carboxylic acids is 1. The van der Waals surface area contributed by atoms with Crippen LogP contribution in [0.15, 0.2) is 42.5 Å². The summed E-state index contributed by atoms with van der Waals surface area (Å²) in [4.78, 5) is 24.5. The Kier molecular flexibility index (Phi) is 5.81. The fourth-order valence-corrected chi connectivity index (χ4v) is 4.29. The molecule has 0 saturated heterocycles. The van der Waals surface area contributed by atoms with Gasteiger partial charge in [-0.2, -0.15) is 23.0 Å². The van der Waals surface area contributed by atoms with E-state index in [4.69, 9.17) is 16.7 Å². The number of nitrogens with zero attached hydrogens (tertiary/aromatic N) is 2. The summed E-state index contributed by atoms with van der Waals surface area (Å²) >= 11 is 6.05. The predicted molar refractivity (Wildman–Crippen MR) is 112 cm³/mol. The van der Waals surface area contributed by atoms with E-state index in [1.807, 2.05) is 0 Å². The molecule has 1 aliphatic carbocycles. The number of carboxylic acid groups (broad SMARTS) is 1. The fraction of sp³-hybridized carbons (Fsp3) is 0.261. The molecule has 1 heterocycles. The van der Waals surface area contributed by atoms with Crippen LogP contribution in [-0.4, -0.2) is 26.8 Å². The van der Waals surface area contributed by atoms with E-state index in [0.29, 0.717) is 29.8 Å². The Hall–Kier alpha value is -3.13. The molecule has 9 heteroatoms. The zero-order valence-corrected chi connectivity index (χ0v) is 17.5. The van der Waals surface area contributed by atoms with Crippen molar-refractivity contribution >= 4 is 23.5 Å². The Balaban J connectivity index is 1.88. The van der Waals surface area contributed by atoms with Gasteiger partial charge in [0.05, 0.1) is 33.1 Å². The smallest absolute Gasteiger partial charge is 0.417 e. The second-order valence-electron chi connectivity index (χ2n) is 7.59. The van der Waals surface area contributed by atoms with Crippen molar-refractivity contribution in [3.63, 3.8) is 0 Å². The van der Waals surface area contributed by atoms with Crippen molar-refractivity contribution < 1.29 is 27.9 Å². The van der Waals surface area contributed by atoms with Crippen molar-refractivity contribution in [1.29, 1.82) is 0 Å². The minimum atomic E-state index is -4.75. The topological polar surface area (TPSA) is 72.2 Å². The van der Waals surface area contributed by atoms with Gasteiger partial charge in [-0.1, -0.05) is 36.2 Å². The lowest BCUT2D eigenvalue weighted by atomic mass is 10.0. The van der Waals surface area contributed by atoms with Crippen LogP contribution in [-0.2, 0) is 19.0 Å². The lowest BCUT2D eigenvalue weighted by molar-refractivity contribution is -0.137. The van der Waals surface area contributed by atoms with E-state index in [9.17, 15) is 22.8 Å². The van der Waals surface area contributed by atoms with Crippen molar-refractivity contribution in [2.45, 2.75) is 38.3 Å². The molecule has 0 saturated carbocycles. The third-order valence-electron chi connectivity index (χ3n) is 5.56. The summed E-state index contributed by atoms with van der Waals surface area (Å²) in [6.45, 7) is 0. The normalized spacial score (nSPS) is 14.0. The third kappa shape index (κ3) is 4.02. The van der Waals surface area contributed by atoms with E-state index < -0.39 is 29.2 Å². The highest BCUT2D eigenvalue weighted by atomic mass is 35.5. The molecule has 0 fully saturated rings. The number of carbonyl (C=O) groups is 2. The quantitative estimate of drug-likeness (QED) is 0.493. The summed E-state index contributed by atoms with van der Waals surface area (Å²) in [5.41, 5.74) is 0.769. The predicted octanol–water partition coefficient (Wildman–Crippen LogP) is 5.88. The number of carboxylic acids is 1. The first-order valence-electron chi connectivity index (χ1n) is 10.0. The molecule has 0 amide bonds. The molecule has 0 radical (unpaired) electrons. The molecular formula is C23H18ClF3N2O3. The molecule has 0 spiro atoms. The summed E-state index contributed by atoms with van der Waals surface area (Å²) in [6, 6.07) is 9.26. The molecule has 32 heavy (non-hydrogen) atoms. The Bertz CT molecular complexity index is 1200. The van der Waals surface area contributed by atoms with E-state index in [-0.39, 0.29) is 10.6 Å². The molecule has 0 aliphatic heterocycles. The van der Waals surface area contributed by atoms with Crippen LogP contribution in [0.3, 0.4) is 0 Å². The summed E-state index contributed by atoms with van der Waals surface area (Å²) in [6.07, 6.45) is -1.10. The number of carbonyl (C=O) groups excluding carboxylic acids is 1. The summed E-state index contributed by atoms with van der Waals surface area (Å²) < 4.78 is 41.8. The van der Waals surface area contributed by atoms with Gasteiger partial charge in [0, 0.05) is 11.1 Å². The van der Waals surface area contributed by atoms with Crippen molar-refractivity contribution in [3.05, 3.63) is 75.4 Å². The van der Waals surface area contributed by atoms with Gasteiger partial charge in [-0.3, -0.25) is 4.79 Å². The summed E-state index contributed by atoms with van der Waals surface area (Å²) in [7, 11) is 0. The molecule has 166 valence electrons. The van der Waals surface area contributed by atoms with Crippen LogP contribution in [0.25, 0.3) is 11.3 Å². The number of halogens is 4. The Morgan fingerprint density at radius 2 is 1.69 bits per heavy atom. The lowest BCUT2D eigenvalue weighted by Crippen LogP contribution is -2.22. The SMILES string of the molecule is O=C(O)c1ccc(-c2nn(C(=O)c3c(Cl)cccc3C(F)(F)F)c3c2CCCCC3)cc1. The Labute approximate surface area is 186 Å². The molecule has 3 aromatic rings. The largest absolute Gasteiger partial charge is 0.478 e. The first-order chi connectivity index (χ1) is 15.2. The van der Waals surface area contributed by atoms with Crippen molar-refractivity contribution in [1.82, 2.24) is 9.78 Å². The number of aromatic nitrogens is 2. The van der Waals surface area contributed by atoms with Gasteiger partial charge in [-0.25, -0.2) is 4.79 Å². The summed E-state index contributed by atoms with van der Waals surface area (Å²) in [5, 5.41) is 13.2. The zero-order chi connectivity index (χ0) is 23.0. The molecule has 4 rings (SSSR count). The maximum absolute atomic E-state index is 13.6. The van der Waals surface area contributed by atoms with Gasteiger partial charge in [-0.15, -0.1) is 0 Å². The zero-order valence-electron chi connectivity index (χ0n) is 16.7. The van der Waals surface area contributed by atoms with Gasteiger partial charge in [0.25, 0.3) is 5.91 Å². The minimum Gasteiger partial charge on any atom is -0.478 e. The van der Waals surface area contributed by atoms with Crippen LogP contribution in [0, 0.1) is 0 Å². The van der Waals surface area contributed by atoms with Gasteiger partial charge >= 0.3 is 12.1 Å². The lowest BCUT2D eigenvalue weighted by Gasteiger charge is -2.14. The van der Waals surface area contributed by atoms with Crippen LogP contribution >= 0.6 is 11.6 Å². The second-order valence-corrected chi connectivity index (χ2v) is 8.00. The molecular weight excluding hydrogens is 445 g/mol. The maximum atomic E-state index is 13.6. The van der Waals surface area contributed by atoms with Crippen LogP contribution < -0.4 is 0 Å². The average Bonchev–Trinajstić information content (AvgIpc) is 2.93. The number of fused-ring (bicyclic) bond motifs is 1. The molecule has 1 aromatic heterocycles. The molecule has 1 aliphatic rings. The van der Waals surface area contributed by atoms with Gasteiger partial charge in [0.1, 0.15) is 0 Å². The first kappa shape index (κ1) is 22.1. The summed E-state index contributed by atoms with van der Waals surface area (Å²) in [5.74, 6) is -2.01. The Morgan fingerprint density at radius 1 is 1.00 bits per heavy atom. The van der Waals surface area contributed by atoms with Crippen LogP contribution in [0.1, 0.15) is 56.8 Å². The third-order valence-corrected chi connectivity index (χ3v) is 5.88. The number of hydrogen-bond donors (Lipinski definition) is 1. The van der Waals surface area contributed by atoms with E-state index in [2.05, 4.69) is 5.10 Å². The van der Waals surface area contributed by atoms with E-state index >= 15 is 0 Å². The van der Waals surface area contributed by atoms with E-state index in [1.165, 1.54) is 18.2 Å². The molecule has 2 aromatic carbocycles. The highest BCUT2D eigenvalue weighted by Gasteiger charge is 2.37. The maximum Gasteiger partial charge on any atom is 0.417 e. The highest BCUT2D eigenvalue weighted by Crippen LogP contribution is 2.37. The fourth-order valence-electron chi connectivity index (χ4n) is 4.03. The number of alkyl halides is 3. The van der Waals surface area contributed by atoms with Gasteiger partial charge in [0.15, 0.2) is 0 Å².